The summed E-state index contributed by atoms with van der Waals surface area (Å²) in [4.78, 5) is 37.6. The van der Waals surface area contributed by atoms with Gasteiger partial charge in [-0.05, 0) is 22.9 Å². The molecule has 6 nitrogen and oxygen atoms in total. The van der Waals surface area contributed by atoms with Gasteiger partial charge in [0.15, 0.2) is 12.2 Å². The number of rotatable bonds is 2. The number of oxazole rings is 1. The van der Waals surface area contributed by atoms with Crippen LogP contribution in [0.4, 0.5) is 8.78 Å². The van der Waals surface area contributed by atoms with Crippen LogP contribution in [0.2, 0.25) is 0 Å². The second-order valence-electron chi connectivity index (χ2n) is 3.33. The van der Waals surface area contributed by atoms with E-state index in [9.17, 15) is 8.78 Å². The first-order valence-electron chi connectivity index (χ1n) is 5.83. The topological polar surface area (TPSA) is 94.3 Å². The van der Waals surface area contributed by atoms with Crippen LogP contribution in [0.3, 0.4) is 0 Å². The van der Waals surface area contributed by atoms with Crippen molar-refractivity contribution in [1.82, 2.24) is 4.98 Å². The molecule has 3 aromatic heterocycles. The zero-order valence-corrected chi connectivity index (χ0v) is 13.4. The number of thiophene rings is 2. The van der Waals surface area contributed by atoms with E-state index in [1.165, 1.54) is 12.5 Å². The zero-order chi connectivity index (χ0) is 18.2. The smallest absolute Gasteiger partial charge is 0.373 e. The first-order valence-corrected chi connectivity index (χ1v) is 7.59. The van der Waals surface area contributed by atoms with Gasteiger partial charge in [0, 0.05) is 0 Å². The SMILES string of the molecule is FC(F)c1cccs1.O=C=O.O=C=O.c1csc(-c2cnco2)c1. The fourth-order valence-corrected chi connectivity index (χ4v) is 2.42. The van der Waals surface area contributed by atoms with Crippen molar-refractivity contribution in [3.8, 4) is 10.6 Å². The van der Waals surface area contributed by atoms with Gasteiger partial charge in [-0.15, -0.1) is 22.7 Å². The molecule has 0 amide bonds. The van der Waals surface area contributed by atoms with Crippen molar-refractivity contribution >= 4 is 35.0 Å². The summed E-state index contributed by atoms with van der Waals surface area (Å²) in [6.45, 7) is 0. The van der Waals surface area contributed by atoms with Crippen molar-refractivity contribution in [2.75, 3.05) is 0 Å². The molecule has 10 heteroatoms. The van der Waals surface area contributed by atoms with Crippen LogP contribution in [-0.4, -0.2) is 17.3 Å². The molecule has 0 saturated heterocycles. The third-order valence-corrected chi connectivity index (χ3v) is 3.72. The standard InChI is InChI=1S/C7H5NOS.C5H4F2S.2CO2/c1-2-7(10-3-1)6-4-8-5-9-6;6-5(7)4-2-1-3-8-4;2*2-1-3/h1-5H;1-3,5H;;. The number of aromatic nitrogens is 1. The minimum absolute atomic E-state index is 0.144. The van der Waals surface area contributed by atoms with Crippen LogP contribution in [-0.2, 0) is 19.2 Å². The van der Waals surface area contributed by atoms with Crippen molar-refractivity contribution in [1.29, 1.82) is 0 Å². The van der Waals surface area contributed by atoms with Gasteiger partial charge in [-0.2, -0.15) is 19.2 Å². The molecule has 3 heterocycles. The van der Waals surface area contributed by atoms with Gasteiger partial charge in [-0.25, -0.2) is 13.8 Å². The van der Waals surface area contributed by atoms with E-state index in [0.29, 0.717) is 0 Å². The van der Waals surface area contributed by atoms with E-state index in [-0.39, 0.29) is 17.2 Å². The van der Waals surface area contributed by atoms with Gasteiger partial charge in [0.05, 0.1) is 16.0 Å². The van der Waals surface area contributed by atoms with Gasteiger partial charge in [0.25, 0.3) is 6.43 Å². The molecule has 0 atom stereocenters. The van der Waals surface area contributed by atoms with Crippen molar-refractivity contribution in [3.63, 3.8) is 0 Å². The lowest BCUT2D eigenvalue weighted by Gasteiger charge is -1.87. The maximum absolute atomic E-state index is 11.6. The van der Waals surface area contributed by atoms with Gasteiger partial charge in [-0.3, -0.25) is 0 Å². The van der Waals surface area contributed by atoms with Gasteiger partial charge in [0.2, 0.25) is 0 Å². The molecule has 126 valence electrons. The predicted octanol–water partition coefficient (Wildman–Crippen LogP) is 3.92. The lowest BCUT2D eigenvalue weighted by molar-refractivity contribution is -0.193. The van der Waals surface area contributed by atoms with Crippen LogP contribution in [0.5, 0.6) is 0 Å². The molecule has 0 radical (unpaired) electrons. The lowest BCUT2D eigenvalue weighted by Crippen LogP contribution is -1.71. The second kappa shape index (κ2) is 13.9. The molecule has 0 bridgehead atoms. The van der Waals surface area contributed by atoms with E-state index < -0.39 is 6.43 Å². The summed E-state index contributed by atoms with van der Waals surface area (Å²) < 4.78 is 28.3. The quantitative estimate of drug-likeness (QED) is 0.676. The van der Waals surface area contributed by atoms with Crippen LogP contribution in [0.15, 0.2) is 52.0 Å². The number of carbonyl (C=O) groups excluding carboxylic acids is 4. The first-order chi connectivity index (χ1) is 11.6. The second-order valence-corrected chi connectivity index (χ2v) is 5.25. The Morgan fingerprint density at radius 2 is 1.58 bits per heavy atom. The van der Waals surface area contributed by atoms with Crippen LogP contribution >= 0.6 is 22.7 Å². The summed E-state index contributed by atoms with van der Waals surface area (Å²) in [6, 6.07) is 7.04. The highest BCUT2D eigenvalue weighted by atomic mass is 32.1. The highest BCUT2D eigenvalue weighted by molar-refractivity contribution is 7.13. The fourth-order valence-electron chi connectivity index (χ4n) is 1.17. The molecule has 0 aliphatic carbocycles. The molecule has 0 aliphatic heterocycles. The van der Waals surface area contributed by atoms with Gasteiger partial charge >= 0.3 is 12.3 Å². The minimum atomic E-state index is -2.30. The first kappa shape index (κ1) is 21.2. The van der Waals surface area contributed by atoms with Crippen LogP contribution in [0.25, 0.3) is 10.6 Å². The van der Waals surface area contributed by atoms with E-state index in [1.807, 2.05) is 17.5 Å². The molecule has 0 saturated carbocycles. The number of alkyl halides is 2. The van der Waals surface area contributed by atoms with Crippen molar-refractivity contribution in [3.05, 3.63) is 52.5 Å². The van der Waals surface area contributed by atoms with Gasteiger partial charge in [0.1, 0.15) is 0 Å². The Balaban J connectivity index is 0.000000340. The number of hydrogen-bond acceptors (Lipinski definition) is 8. The van der Waals surface area contributed by atoms with Crippen LogP contribution in [0.1, 0.15) is 11.3 Å². The minimum Gasteiger partial charge on any atom is -0.443 e. The third-order valence-electron chi connectivity index (χ3n) is 1.95. The molecule has 24 heavy (non-hydrogen) atoms. The Kier molecular flexibility index (Phi) is 12.3. The Morgan fingerprint density at radius 1 is 1.00 bits per heavy atom. The Morgan fingerprint density at radius 3 is 1.92 bits per heavy atom. The molecule has 0 aliphatic rings. The van der Waals surface area contributed by atoms with E-state index in [2.05, 4.69) is 4.98 Å². The predicted molar refractivity (Wildman–Crippen MR) is 79.1 cm³/mol. The van der Waals surface area contributed by atoms with E-state index in [0.717, 1.165) is 22.0 Å². The van der Waals surface area contributed by atoms with Gasteiger partial charge in [-0.1, -0.05) is 12.1 Å². The number of halogens is 2. The molecule has 0 fully saturated rings. The fraction of sp³-hybridized carbons (Fsp3) is 0.0714. The maximum Gasteiger partial charge on any atom is 0.373 e. The number of nitrogens with zero attached hydrogens (tertiary/aromatic N) is 1. The summed E-state index contributed by atoms with van der Waals surface area (Å²) >= 11 is 2.73. The highest BCUT2D eigenvalue weighted by Gasteiger charge is 2.05. The van der Waals surface area contributed by atoms with Crippen molar-refractivity contribution in [2.45, 2.75) is 6.43 Å². The Hall–Kier alpha value is -2.77. The normalized spacial score (nSPS) is 8.29. The zero-order valence-electron chi connectivity index (χ0n) is 11.8. The van der Waals surface area contributed by atoms with Crippen molar-refractivity contribution < 1.29 is 32.4 Å². The van der Waals surface area contributed by atoms with Crippen LogP contribution < -0.4 is 0 Å². The molecule has 0 aromatic carbocycles. The summed E-state index contributed by atoms with van der Waals surface area (Å²) in [6.07, 6.45) is 1.36. The molecule has 3 rings (SSSR count). The largest absolute Gasteiger partial charge is 0.443 e. The van der Waals surface area contributed by atoms with Crippen LogP contribution in [0, 0.1) is 0 Å². The molecular weight excluding hydrogens is 364 g/mol. The van der Waals surface area contributed by atoms with Crippen molar-refractivity contribution in [2.24, 2.45) is 0 Å². The summed E-state index contributed by atoms with van der Waals surface area (Å²) in [5, 5.41) is 3.65. The number of hydrogen-bond donors (Lipinski definition) is 0. The molecule has 3 aromatic rings. The van der Waals surface area contributed by atoms with Gasteiger partial charge < -0.3 is 4.42 Å². The molecule has 0 unspecified atom stereocenters. The molecule has 0 spiro atoms. The maximum atomic E-state index is 11.6. The van der Waals surface area contributed by atoms with E-state index in [4.69, 9.17) is 23.6 Å². The third kappa shape index (κ3) is 9.29. The lowest BCUT2D eigenvalue weighted by atomic mass is 10.4. The molecule has 0 N–H and O–H groups in total. The van der Waals surface area contributed by atoms with E-state index >= 15 is 0 Å². The summed E-state index contributed by atoms with van der Waals surface area (Å²) in [5.74, 6) is 0.843. The Labute approximate surface area is 142 Å². The molecular formula is C14H9F2NO5S2. The average Bonchev–Trinajstić information content (AvgIpc) is 3.31. The Bertz CT molecular complexity index is 656. The summed E-state index contributed by atoms with van der Waals surface area (Å²) in [7, 11) is 0. The summed E-state index contributed by atoms with van der Waals surface area (Å²) in [5.41, 5.74) is 0. The monoisotopic (exact) mass is 373 g/mol. The highest BCUT2D eigenvalue weighted by Crippen LogP contribution is 2.23. The van der Waals surface area contributed by atoms with E-state index in [1.54, 1.807) is 29.0 Å². The average molecular weight is 373 g/mol.